The minimum atomic E-state index is -0.102. The van der Waals surface area contributed by atoms with Crippen LogP contribution in [-0.4, -0.2) is 71.4 Å². The second-order valence-corrected chi connectivity index (χ2v) is 7.20. The molecule has 0 atom stereocenters. The number of amides is 1. The number of nitrogens with one attached hydrogen (secondary N) is 1. The smallest absolute Gasteiger partial charge is 0.244 e. The maximum atomic E-state index is 11.9. The Labute approximate surface area is 150 Å². The minimum Gasteiger partial charge on any atom is -0.353 e. The van der Waals surface area contributed by atoms with Crippen molar-refractivity contribution in [2.75, 3.05) is 46.3 Å². The Hall–Kier alpha value is -1.41. The number of hydrogen-bond donors (Lipinski definition) is 1. The standard InChI is InChI=1S/C16H22ClN5OS/c1-20-7-9-21(10-8-20)6-2-5-18-14(23)4-3-13-15(17)19-16-22(13)11-12-24-16/h3-4,11-12H,2,5-10H2,1H3,(H,18,23)/b4-3+. The highest BCUT2D eigenvalue weighted by atomic mass is 35.5. The van der Waals surface area contributed by atoms with Gasteiger partial charge in [0.05, 0.1) is 5.69 Å². The van der Waals surface area contributed by atoms with Gasteiger partial charge in [0.2, 0.25) is 5.91 Å². The molecule has 0 aromatic carbocycles. The molecule has 130 valence electrons. The third-order valence-corrected chi connectivity index (χ3v) is 5.23. The molecule has 2 aromatic rings. The lowest BCUT2D eigenvalue weighted by atomic mass is 10.3. The van der Waals surface area contributed by atoms with Gasteiger partial charge in [0.1, 0.15) is 0 Å². The van der Waals surface area contributed by atoms with Gasteiger partial charge < -0.3 is 15.1 Å². The van der Waals surface area contributed by atoms with Crippen LogP contribution in [0.4, 0.5) is 0 Å². The zero-order valence-electron chi connectivity index (χ0n) is 13.7. The average Bonchev–Trinajstić information content (AvgIpc) is 3.12. The number of carbonyl (C=O) groups excluding carboxylic acids is 1. The number of hydrogen-bond acceptors (Lipinski definition) is 5. The van der Waals surface area contributed by atoms with Crippen molar-refractivity contribution >= 4 is 39.9 Å². The summed E-state index contributed by atoms with van der Waals surface area (Å²) in [6, 6.07) is 0. The van der Waals surface area contributed by atoms with Gasteiger partial charge in [-0.05, 0) is 26.1 Å². The number of carbonyl (C=O) groups is 1. The molecule has 1 saturated heterocycles. The first kappa shape index (κ1) is 17.4. The molecule has 2 aromatic heterocycles. The van der Waals surface area contributed by atoms with Gasteiger partial charge in [0, 0.05) is 50.4 Å². The first-order valence-corrected chi connectivity index (χ1v) is 9.37. The molecule has 0 aliphatic carbocycles. The monoisotopic (exact) mass is 367 g/mol. The van der Waals surface area contributed by atoms with Crippen molar-refractivity contribution in [3.8, 4) is 0 Å². The number of thiazole rings is 1. The summed E-state index contributed by atoms with van der Waals surface area (Å²) in [5, 5.41) is 5.28. The molecule has 0 unspecified atom stereocenters. The van der Waals surface area contributed by atoms with E-state index in [0.717, 1.165) is 49.8 Å². The summed E-state index contributed by atoms with van der Waals surface area (Å²) in [6.07, 6.45) is 6.09. The lowest BCUT2D eigenvalue weighted by molar-refractivity contribution is -0.116. The predicted molar refractivity (Wildman–Crippen MR) is 98.7 cm³/mol. The van der Waals surface area contributed by atoms with Gasteiger partial charge in [-0.15, -0.1) is 11.3 Å². The van der Waals surface area contributed by atoms with Gasteiger partial charge in [0.25, 0.3) is 0 Å². The third kappa shape index (κ3) is 4.36. The van der Waals surface area contributed by atoms with E-state index in [4.69, 9.17) is 11.6 Å². The molecule has 24 heavy (non-hydrogen) atoms. The van der Waals surface area contributed by atoms with Crippen LogP contribution in [0.15, 0.2) is 17.7 Å². The molecule has 1 aliphatic heterocycles. The Balaban J connectivity index is 1.41. The van der Waals surface area contributed by atoms with Crippen molar-refractivity contribution < 1.29 is 4.79 Å². The summed E-state index contributed by atoms with van der Waals surface area (Å²) in [4.78, 5) is 21.8. The molecule has 3 rings (SSSR count). The summed E-state index contributed by atoms with van der Waals surface area (Å²) in [7, 11) is 2.15. The van der Waals surface area contributed by atoms with E-state index < -0.39 is 0 Å². The normalized spacial score (nSPS) is 17.1. The first-order chi connectivity index (χ1) is 11.6. The molecule has 0 spiro atoms. The van der Waals surface area contributed by atoms with Gasteiger partial charge in [-0.1, -0.05) is 11.6 Å². The molecule has 0 saturated carbocycles. The quantitative estimate of drug-likeness (QED) is 0.625. The number of nitrogens with zero attached hydrogens (tertiary/aromatic N) is 4. The second kappa shape index (κ2) is 8.11. The van der Waals surface area contributed by atoms with Crippen LogP contribution in [0.2, 0.25) is 5.15 Å². The van der Waals surface area contributed by atoms with Crippen LogP contribution < -0.4 is 5.32 Å². The maximum absolute atomic E-state index is 11.9. The van der Waals surface area contributed by atoms with Gasteiger partial charge in [0.15, 0.2) is 10.1 Å². The van der Waals surface area contributed by atoms with Crippen molar-refractivity contribution in [2.45, 2.75) is 6.42 Å². The van der Waals surface area contributed by atoms with Crippen LogP contribution in [0.25, 0.3) is 11.0 Å². The van der Waals surface area contributed by atoms with Crippen molar-refractivity contribution in [2.24, 2.45) is 0 Å². The largest absolute Gasteiger partial charge is 0.353 e. The Morgan fingerprint density at radius 2 is 2.21 bits per heavy atom. The van der Waals surface area contributed by atoms with Crippen molar-refractivity contribution in [3.63, 3.8) is 0 Å². The van der Waals surface area contributed by atoms with E-state index in [1.54, 1.807) is 6.08 Å². The molecule has 8 heteroatoms. The number of halogens is 1. The Morgan fingerprint density at radius 3 is 3.00 bits per heavy atom. The van der Waals surface area contributed by atoms with Crippen LogP contribution in [0, 0.1) is 0 Å². The maximum Gasteiger partial charge on any atom is 0.244 e. The molecule has 1 N–H and O–H groups in total. The van der Waals surface area contributed by atoms with Gasteiger partial charge in [-0.2, -0.15) is 0 Å². The predicted octanol–water partition coefficient (Wildman–Crippen LogP) is 1.82. The number of imidazole rings is 1. The molecular weight excluding hydrogens is 346 g/mol. The molecule has 3 heterocycles. The Morgan fingerprint density at radius 1 is 1.42 bits per heavy atom. The molecule has 1 aliphatic rings. The third-order valence-electron chi connectivity index (χ3n) is 4.19. The summed E-state index contributed by atoms with van der Waals surface area (Å²) in [5.74, 6) is -0.102. The van der Waals surface area contributed by atoms with Gasteiger partial charge in [-0.3, -0.25) is 9.20 Å². The van der Waals surface area contributed by atoms with E-state index in [2.05, 4.69) is 27.1 Å². The van der Waals surface area contributed by atoms with Gasteiger partial charge >= 0.3 is 0 Å². The number of likely N-dealkylation sites (N-methyl/N-ethyl adjacent to an activating group) is 1. The molecule has 1 amide bonds. The number of fused-ring (bicyclic) bond motifs is 1. The SMILES string of the molecule is CN1CCN(CCCNC(=O)/C=C/c2c(Cl)nc3sccn23)CC1. The van der Waals surface area contributed by atoms with Crippen molar-refractivity contribution in [3.05, 3.63) is 28.5 Å². The zero-order valence-corrected chi connectivity index (χ0v) is 15.3. The summed E-state index contributed by atoms with van der Waals surface area (Å²) in [6.45, 7) is 6.18. The molecule has 0 bridgehead atoms. The summed E-state index contributed by atoms with van der Waals surface area (Å²) < 4.78 is 1.88. The highest BCUT2D eigenvalue weighted by Gasteiger charge is 2.13. The van der Waals surface area contributed by atoms with Crippen LogP contribution in [-0.2, 0) is 4.79 Å². The number of piperazine rings is 1. The molecular formula is C16H22ClN5OS. The fourth-order valence-electron chi connectivity index (χ4n) is 2.73. The molecule has 6 nitrogen and oxygen atoms in total. The van der Waals surface area contributed by atoms with E-state index in [-0.39, 0.29) is 5.91 Å². The highest BCUT2D eigenvalue weighted by molar-refractivity contribution is 7.15. The Bertz CT molecular complexity index is 717. The topological polar surface area (TPSA) is 52.9 Å². The Kier molecular flexibility index (Phi) is 5.89. The lowest BCUT2D eigenvalue weighted by Gasteiger charge is -2.32. The van der Waals surface area contributed by atoms with E-state index >= 15 is 0 Å². The van der Waals surface area contributed by atoms with Crippen LogP contribution >= 0.6 is 22.9 Å². The van der Waals surface area contributed by atoms with Crippen molar-refractivity contribution in [1.82, 2.24) is 24.5 Å². The first-order valence-electron chi connectivity index (χ1n) is 8.11. The fourth-order valence-corrected chi connectivity index (χ4v) is 3.73. The zero-order chi connectivity index (χ0) is 16.9. The van der Waals surface area contributed by atoms with Crippen LogP contribution in [0.3, 0.4) is 0 Å². The molecule has 1 fully saturated rings. The van der Waals surface area contributed by atoms with E-state index in [0.29, 0.717) is 11.7 Å². The average molecular weight is 368 g/mol. The van der Waals surface area contributed by atoms with E-state index in [1.807, 2.05) is 16.0 Å². The number of aromatic nitrogens is 2. The minimum absolute atomic E-state index is 0.102. The fraction of sp³-hybridized carbons (Fsp3) is 0.500. The lowest BCUT2D eigenvalue weighted by Crippen LogP contribution is -2.45. The molecule has 0 radical (unpaired) electrons. The van der Waals surface area contributed by atoms with Crippen LogP contribution in [0.1, 0.15) is 12.1 Å². The summed E-state index contributed by atoms with van der Waals surface area (Å²) >= 11 is 7.61. The second-order valence-electron chi connectivity index (χ2n) is 5.97. The van der Waals surface area contributed by atoms with Gasteiger partial charge in [-0.25, -0.2) is 4.98 Å². The summed E-state index contributed by atoms with van der Waals surface area (Å²) in [5.41, 5.74) is 0.737. The van der Waals surface area contributed by atoms with Crippen molar-refractivity contribution in [1.29, 1.82) is 0 Å². The van der Waals surface area contributed by atoms with Crippen LogP contribution in [0.5, 0.6) is 0 Å². The van der Waals surface area contributed by atoms with E-state index in [9.17, 15) is 4.79 Å². The van der Waals surface area contributed by atoms with E-state index in [1.165, 1.54) is 17.4 Å². The highest BCUT2D eigenvalue weighted by Crippen LogP contribution is 2.22. The number of rotatable bonds is 6.